The largest absolute Gasteiger partial charge is 0.339 e. The van der Waals surface area contributed by atoms with E-state index < -0.39 is 0 Å². The molecule has 1 aliphatic rings. The molecule has 0 atom stereocenters. The molecule has 1 amide bonds. The SMILES string of the molecule is CC(C)(C)C1CCN(C(=O)c2ccc(Br)cc2S)CC1. The number of carbonyl (C=O) groups excluding carboxylic acids is 1. The third-order valence-electron chi connectivity index (χ3n) is 4.20. The van der Waals surface area contributed by atoms with Gasteiger partial charge in [-0.15, -0.1) is 12.6 Å². The second kappa shape index (κ2) is 6.10. The maximum Gasteiger partial charge on any atom is 0.254 e. The number of rotatable bonds is 1. The third kappa shape index (κ3) is 3.59. The molecule has 1 saturated heterocycles. The Morgan fingerprint density at radius 1 is 1.30 bits per heavy atom. The van der Waals surface area contributed by atoms with Gasteiger partial charge < -0.3 is 4.90 Å². The Kier molecular flexibility index (Phi) is 4.85. The average molecular weight is 356 g/mol. The fourth-order valence-corrected chi connectivity index (χ4v) is 3.65. The Bertz CT molecular complexity index is 502. The Labute approximate surface area is 135 Å². The minimum atomic E-state index is 0.106. The number of nitrogens with zero attached hydrogens (tertiary/aromatic N) is 1. The summed E-state index contributed by atoms with van der Waals surface area (Å²) in [5.74, 6) is 0.807. The zero-order valence-corrected chi connectivity index (χ0v) is 14.8. The van der Waals surface area contributed by atoms with Crippen molar-refractivity contribution in [3.05, 3.63) is 28.2 Å². The summed E-state index contributed by atoms with van der Waals surface area (Å²) in [6, 6.07) is 5.62. The smallest absolute Gasteiger partial charge is 0.254 e. The van der Waals surface area contributed by atoms with Crippen molar-refractivity contribution in [2.24, 2.45) is 11.3 Å². The van der Waals surface area contributed by atoms with E-state index in [9.17, 15) is 4.79 Å². The molecule has 1 fully saturated rings. The highest BCUT2D eigenvalue weighted by Gasteiger charge is 2.31. The summed E-state index contributed by atoms with van der Waals surface area (Å²) >= 11 is 7.81. The fourth-order valence-electron chi connectivity index (χ4n) is 2.80. The van der Waals surface area contributed by atoms with Crippen LogP contribution in [0, 0.1) is 11.3 Å². The normalized spacial score (nSPS) is 17.4. The minimum Gasteiger partial charge on any atom is -0.339 e. The highest BCUT2D eigenvalue weighted by atomic mass is 79.9. The number of halogens is 1. The van der Waals surface area contributed by atoms with Gasteiger partial charge in [-0.05, 0) is 42.4 Å². The molecule has 0 aliphatic carbocycles. The number of amides is 1. The standard InChI is InChI=1S/C16H22BrNOS/c1-16(2,3)11-6-8-18(9-7-11)15(19)13-5-4-12(17)10-14(13)20/h4-5,10-11,20H,6-9H2,1-3H3. The van der Waals surface area contributed by atoms with Crippen molar-refractivity contribution in [1.82, 2.24) is 4.90 Å². The van der Waals surface area contributed by atoms with Gasteiger partial charge in [-0.25, -0.2) is 0 Å². The lowest BCUT2D eigenvalue weighted by molar-refractivity contribution is 0.0605. The number of hydrogen-bond donors (Lipinski definition) is 1. The first kappa shape index (κ1) is 15.9. The van der Waals surface area contributed by atoms with Crippen LogP contribution in [0.25, 0.3) is 0 Å². The lowest BCUT2D eigenvalue weighted by Gasteiger charge is -2.38. The van der Waals surface area contributed by atoms with Crippen molar-refractivity contribution in [2.75, 3.05) is 13.1 Å². The summed E-state index contributed by atoms with van der Waals surface area (Å²) in [5.41, 5.74) is 1.03. The van der Waals surface area contributed by atoms with Gasteiger partial charge in [0.1, 0.15) is 0 Å². The molecule has 110 valence electrons. The van der Waals surface area contributed by atoms with Crippen molar-refractivity contribution < 1.29 is 4.79 Å². The lowest BCUT2D eigenvalue weighted by atomic mass is 9.75. The molecule has 0 saturated carbocycles. The van der Waals surface area contributed by atoms with Crippen LogP contribution in [0.2, 0.25) is 0 Å². The van der Waals surface area contributed by atoms with Gasteiger partial charge >= 0.3 is 0 Å². The zero-order chi connectivity index (χ0) is 14.9. The zero-order valence-electron chi connectivity index (χ0n) is 12.3. The van der Waals surface area contributed by atoms with Gasteiger partial charge in [-0.3, -0.25) is 4.79 Å². The first-order chi connectivity index (χ1) is 9.29. The molecular weight excluding hydrogens is 334 g/mol. The van der Waals surface area contributed by atoms with Crippen molar-refractivity contribution in [2.45, 2.75) is 38.5 Å². The third-order valence-corrected chi connectivity index (χ3v) is 5.06. The van der Waals surface area contributed by atoms with Crippen LogP contribution in [0.3, 0.4) is 0 Å². The van der Waals surface area contributed by atoms with E-state index in [0.29, 0.717) is 16.9 Å². The van der Waals surface area contributed by atoms with Gasteiger partial charge in [0.25, 0.3) is 5.91 Å². The summed E-state index contributed by atoms with van der Waals surface area (Å²) in [6.45, 7) is 8.56. The minimum absolute atomic E-state index is 0.106. The molecule has 0 unspecified atom stereocenters. The van der Waals surface area contributed by atoms with Crippen LogP contribution in [0.4, 0.5) is 0 Å². The van der Waals surface area contributed by atoms with Gasteiger partial charge in [0.2, 0.25) is 0 Å². The molecule has 0 N–H and O–H groups in total. The van der Waals surface area contributed by atoms with E-state index >= 15 is 0 Å². The predicted molar refractivity (Wildman–Crippen MR) is 89.5 cm³/mol. The van der Waals surface area contributed by atoms with Crippen LogP contribution in [0.5, 0.6) is 0 Å². The summed E-state index contributed by atoms with van der Waals surface area (Å²) in [7, 11) is 0. The summed E-state index contributed by atoms with van der Waals surface area (Å²) in [5, 5.41) is 0. The Hall–Kier alpha value is -0.480. The maximum absolute atomic E-state index is 12.5. The number of thiol groups is 1. The first-order valence-electron chi connectivity index (χ1n) is 7.07. The van der Waals surface area contributed by atoms with Crippen LogP contribution in [0.1, 0.15) is 44.0 Å². The average Bonchev–Trinajstić information content (AvgIpc) is 2.37. The molecular formula is C16H22BrNOS. The van der Waals surface area contributed by atoms with E-state index in [4.69, 9.17) is 0 Å². The number of carbonyl (C=O) groups is 1. The molecule has 0 bridgehead atoms. The molecule has 2 nitrogen and oxygen atoms in total. The fraction of sp³-hybridized carbons (Fsp3) is 0.562. The van der Waals surface area contributed by atoms with Crippen LogP contribution in [0.15, 0.2) is 27.6 Å². The monoisotopic (exact) mass is 355 g/mol. The van der Waals surface area contributed by atoms with Crippen molar-refractivity contribution in [3.63, 3.8) is 0 Å². The summed E-state index contributed by atoms with van der Waals surface area (Å²) in [4.78, 5) is 15.3. The van der Waals surface area contributed by atoms with Crippen molar-refractivity contribution in [3.8, 4) is 0 Å². The van der Waals surface area contributed by atoms with Crippen LogP contribution in [-0.4, -0.2) is 23.9 Å². The molecule has 1 aliphatic heterocycles. The molecule has 2 rings (SSSR count). The second-order valence-electron chi connectivity index (χ2n) is 6.59. The number of hydrogen-bond acceptors (Lipinski definition) is 2. The topological polar surface area (TPSA) is 20.3 Å². The van der Waals surface area contributed by atoms with Crippen molar-refractivity contribution >= 4 is 34.5 Å². The van der Waals surface area contributed by atoms with E-state index in [1.807, 2.05) is 23.1 Å². The van der Waals surface area contributed by atoms with Gasteiger partial charge in [0, 0.05) is 22.5 Å². The van der Waals surface area contributed by atoms with E-state index in [-0.39, 0.29) is 5.91 Å². The Morgan fingerprint density at radius 3 is 2.40 bits per heavy atom. The lowest BCUT2D eigenvalue weighted by Crippen LogP contribution is -2.41. The molecule has 0 radical (unpaired) electrons. The Balaban J connectivity index is 2.05. The molecule has 1 aromatic rings. The molecule has 1 aromatic carbocycles. The van der Waals surface area contributed by atoms with Crippen LogP contribution in [-0.2, 0) is 0 Å². The number of likely N-dealkylation sites (tertiary alicyclic amines) is 1. The summed E-state index contributed by atoms with van der Waals surface area (Å²) < 4.78 is 0.950. The Morgan fingerprint density at radius 2 is 1.90 bits per heavy atom. The summed E-state index contributed by atoms with van der Waals surface area (Å²) in [6.07, 6.45) is 2.18. The quantitative estimate of drug-likeness (QED) is 0.727. The predicted octanol–water partition coefficient (Wildman–Crippen LogP) is 4.64. The van der Waals surface area contributed by atoms with E-state index in [0.717, 1.165) is 35.3 Å². The highest BCUT2D eigenvalue weighted by molar-refractivity contribution is 9.10. The number of benzene rings is 1. The van der Waals surface area contributed by atoms with E-state index in [1.54, 1.807) is 0 Å². The first-order valence-corrected chi connectivity index (χ1v) is 8.31. The van der Waals surface area contributed by atoms with Gasteiger partial charge in [-0.1, -0.05) is 36.7 Å². The maximum atomic E-state index is 12.5. The van der Waals surface area contributed by atoms with E-state index in [2.05, 4.69) is 49.3 Å². The molecule has 4 heteroatoms. The number of piperidine rings is 1. The molecule has 0 aromatic heterocycles. The molecule has 1 heterocycles. The van der Waals surface area contributed by atoms with Crippen molar-refractivity contribution in [1.29, 1.82) is 0 Å². The van der Waals surface area contributed by atoms with Crippen LogP contribution < -0.4 is 0 Å². The van der Waals surface area contributed by atoms with Gasteiger partial charge in [-0.2, -0.15) is 0 Å². The molecule has 20 heavy (non-hydrogen) atoms. The van der Waals surface area contributed by atoms with Gasteiger partial charge in [0.05, 0.1) is 5.56 Å². The van der Waals surface area contributed by atoms with Gasteiger partial charge in [0.15, 0.2) is 0 Å². The second-order valence-corrected chi connectivity index (χ2v) is 7.99. The van der Waals surface area contributed by atoms with E-state index in [1.165, 1.54) is 0 Å². The van der Waals surface area contributed by atoms with Crippen LogP contribution >= 0.6 is 28.6 Å². The highest BCUT2D eigenvalue weighted by Crippen LogP contribution is 2.34. The molecule has 0 spiro atoms.